The zero-order valence-electron chi connectivity index (χ0n) is 20.8. The fourth-order valence-electron chi connectivity index (χ4n) is 4.00. The standard InChI is InChI=1S/C26H45N7/c1-2-3-4-5-6-7-8-9-10-11-12-13-14-15-20-30-25-24(29)26(32-23-31-25)33(21-16-18-27)22-17-19-28/h23H,2-17,20-22,29H2,1H3,(H,30,31,32). The Hall–Kier alpha value is -2.54. The number of nitrogens with zero attached hydrogens (tertiary/aromatic N) is 5. The van der Waals surface area contributed by atoms with Gasteiger partial charge in [0.1, 0.15) is 12.0 Å². The van der Waals surface area contributed by atoms with Crippen molar-refractivity contribution in [3.05, 3.63) is 6.33 Å². The van der Waals surface area contributed by atoms with Gasteiger partial charge >= 0.3 is 0 Å². The molecule has 1 aromatic rings. The van der Waals surface area contributed by atoms with Crippen molar-refractivity contribution >= 4 is 17.3 Å². The van der Waals surface area contributed by atoms with E-state index < -0.39 is 0 Å². The third kappa shape index (κ3) is 13.6. The Labute approximate surface area is 201 Å². The molecule has 0 saturated carbocycles. The molecular weight excluding hydrogens is 410 g/mol. The molecule has 33 heavy (non-hydrogen) atoms. The van der Waals surface area contributed by atoms with E-state index in [2.05, 4.69) is 34.3 Å². The molecule has 0 amide bonds. The molecule has 0 unspecified atom stereocenters. The van der Waals surface area contributed by atoms with Crippen molar-refractivity contribution in [2.75, 3.05) is 35.6 Å². The van der Waals surface area contributed by atoms with Crippen molar-refractivity contribution in [3.63, 3.8) is 0 Å². The molecule has 0 aliphatic carbocycles. The summed E-state index contributed by atoms with van der Waals surface area (Å²) >= 11 is 0. The number of hydrogen-bond acceptors (Lipinski definition) is 7. The van der Waals surface area contributed by atoms with Crippen molar-refractivity contribution in [1.82, 2.24) is 9.97 Å². The van der Waals surface area contributed by atoms with Crippen molar-refractivity contribution in [2.45, 2.75) is 110 Å². The van der Waals surface area contributed by atoms with Gasteiger partial charge < -0.3 is 16.0 Å². The largest absolute Gasteiger partial charge is 0.393 e. The number of nitrogen functional groups attached to an aromatic ring is 1. The Balaban J connectivity index is 2.17. The van der Waals surface area contributed by atoms with Crippen LogP contribution >= 0.6 is 0 Å². The molecule has 0 aliphatic heterocycles. The van der Waals surface area contributed by atoms with Crippen LogP contribution in [0.2, 0.25) is 0 Å². The van der Waals surface area contributed by atoms with Crippen LogP contribution in [0.25, 0.3) is 0 Å². The predicted molar refractivity (Wildman–Crippen MR) is 138 cm³/mol. The molecule has 0 atom stereocenters. The second-order valence-electron chi connectivity index (χ2n) is 8.79. The summed E-state index contributed by atoms with van der Waals surface area (Å²) in [5, 5.41) is 21.1. The first-order valence-corrected chi connectivity index (χ1v) is 13.1. The number of rotatable bonds is 21. The Kier molecular flexibility index (Phi) is 17.3. The summed E-state index contributed by atoms with van der Waals surface area (Å²) in [6, 6.07) is 4.28. The van der Waals surface area contributed by atoms with E-state index in [9.17, 15) is 0 Å². The Morgan fingerprint density at radius 2 is 1.27 bits per heavy atom. The summed E-state index contributed by atoms with van der Waals surface area (Å²) in [5.74, 6) is 1.23. The van der Waals surface area contributed by atoms with E-state index in [1.165, 1.54) is 89.8 Å². The van der Waals surface area contributed by atoms with Gasteiger partial charge in [-0.25, -0.2) is 9.97 Å². The summed E-state index contributed by atoms with van der Waals surface area (Å²) in [4.78, 5) is 10.5. The fraction of sp³-hybridized carbons (Fsp3) is 0.769. The maximum Gasteiger partial charge on any atom is 0.157 e. The quantitative estimate of drug-likeness (QED) is 0.201. The average Bonchev–Trinajstić information content (AvgIpc) is 2.83. The highest BCUT2D eigenvalue weighted by Crippen LogP contribution is 2.26. The van der Waals surface area contributed by atoms with Crippen molar-refractivity contribution in [2.24, 2.45) is 0 Å². The summed E-state index contributed by atoms with van der Waals surface area (Å²) < 4.78 is 0. The van der Waals surface area contributed by atoms with E-state index >= 15 is 0 Å². The monoisotopic (exact) mass is 455 g/mol. The lowest BCUT2D eigenvalue weighted by Gasteiger charge is -2.23. The molecule has 1 aromatic heterocycles. The highest BCUT2D eigenvalue weighted by molar-refractivity contribution is 5.74. The minimum atomic E-state index is 0.358. The first-order chi connectivity index (χ1) is 16.2. The van der Waals surface area contributed by atoms with Crippen LogP contribution in [0, 0.1) is 22.7 Å². The molecule has 7 nitrogen and oxygen atoms in total. The molecule has 0 bridgehead atoms. The second kappa shape index (κ2) is 20.1. The van der Waals surface area contributed by atoms with Gasteiger partial charge in [0.05, 0.1) is 25.0 Å². The Bertz CT molecular complexity index is 675. The third-order valence-electron chi connectivity index (χ3n) is 5.97. The van der Waals surface area contributed by atoms with Crippen LogP contribution in [0.5, 0.6) is 0 Å². The van der Waals surface area contributed by atoms with Gasteiger partial charge in [0.2, 0.25) is 0 Å². The summed E-state index contributed by atoms with van der Waals surface area (Å²) in [7, 11) is 0. The fourth-order valence-corrected chi connectivity index (χ4v) is 4.00. The molecule has 1 rings (SSSR count). The van der Waals surface area contributed by atoms with Crippen LogP contribution in [0.3, 0.4) is 0 Å². The summed E-state index contributed by atoms with van der Waals surface area (Å²) in [5.41, 5.74) is 6.78. The van der Waals surface area contributed by atoms with Gasteiger partial charge in [-0.1, -0.05) is 90.4 Å². The molecule has 1 heterocycles. The summed E-state index contributed by atoms with van der Waals surface area (Å²) in [6.07, 6.45) is 21.0. The van der Waals surface area contributed by atoms with Crippen molar-refractivity contribution in [3.8, 4) is 12.1 Å². The smallest absolute Gasteiger partial charge is 0.157 e. The van der Waals surface area contributed by atoms with Gasteiger partial charge in [-0.05, 0) is 6.42 Å². The number of nitriles is 2. The lowest BCUT2D eigenvalue weighted by molar-refractivity contribution is 0.537. The van der Waals surface area contributed by atoms with Crippen LogP contribution in [0.15, 0.2) is 6.33 Å². The first kappa shape index (κ1) is 28.5. The van der Waals surface area contributed by atoms with Crippen LogP contribution in [-0.4, -0.2) is 29.6 Å². The minimum Gasteiger partial charge on any atom is -0.393 e. The number of aromatic nitrogens is 2. The third-order valence-corrected chi connectivity index (χ3v) is 5.97. The van der Waals surface area contributed by atoms with Gasteiger partial charge in [-0.15, -0.1) is 0 Å². The molecule has 0 aromatic carbocycles. The van der Waals surface area contributed by atoms with E-state index in [0.29, 0.717) is 43.3 Å². The molecule has 0 saturated heterocycles. The normalized spacial score (nSPS) is 10.5. The van der Waals surface area contributed by atoms with E-state index in [-0.39, 0.29) is 0 Å². The number of nitrogens with one attached hydrogen (secondary N) is 1. The maximum atomic E-state index is 8.90. The van der Waals surface area contributed by atoms with E-state index in [4.69, 9.17) is 16.3 Å². The Morgan fingerprint density at radius 1 is 0.788 bits per heavy atom. The first-order valence-electron chi connectivity index (χ1n) is 13.1. The van der Waals surface area contributed by atoms with Gasteiger partial charge in [-0.3, -0.25) is 0 Å². The lowest BCUT2D eigenvalue weighted by Crippen LogP contribution is -2.27. The second-order valence-corrected chi connectivity index (χ2v) is 8.79. The van der Waals surface area contributed by atoms with Crippen LogP contribution in [0.1, 0.15) is 110 Å². The zero-order chi connectivity index (χ0) is 24.0. The molecule has 0 fully saturated rings. The van der Waals surface area contributed by atoms with Gasteiger partial charge in [0, 0.05) is 19.6 Å². The maximum absolute atomic E-state index is 8.90. The van der Waals surface area contributed by atoms with Gasteiger partial charge in [0.15, 0.2) is 11.6 Å². The lowest BCUT2D eigenvalue weighted by atomic mass is 10.0. The van der Waals surface area contributed by atoms with Crippen molar-refractivity contribution < 1.29 is 0 Å². The number of nitrogens with two attached hydrogens (primary N) is 1. The van der Waals surface area contributed by atoms with Crippen LogP contribution in [0.4, 0.5) is 17.3 Å². The van der Waals surface area contributed by atoms with E-state index in [1.807, 2.05) is 4.90 Å². The molecular formula is C26H45N7. The van der Waals surface area contributed by atoms with E-state index in [1.54, 1.807) is 0 Å². The highest BCUT2D eigenvalue weighted by Gasteiger charge is 2.14. The van der Waals surface area contributed by atoms with E-state index in [0.717, 1.165) is 13.0 Å². The SMILES string of the molecule is CCCCCCCCCCCCCCCCNc1ncnc(N(CCC#N)CCC#N)c1N. The highest BCUT2D eigenvalue weighted by atomic mass is 15.2. The molecule has 7 heteroatoms. The molecule has 0 spiro atoms. The number of unbranched alkanes of at least 4 members (excludes halogenated alkanes) is 13. The van der Waals surface area contributed by atoms with Gasteiger partial charge in [0.25, 0.3) is 0 Å². The Morgan fingerprint density at radius 3 is 1.76 bits per heavy atom. The zero-order valence-corrected chi connectivity index (χ0v) is 20.8. The minimum absolute atomic E-state index is 0.358. The average molecular weight is 456 g/mol. The topological polar surface area (TPSA) is 115 Å². The molecule has 0 radical (unpaired) electrons. The van der Waals surface area contributed by atoms with Crippen LogP contribution in [-0.2, 0) is 0 Å². The number of anilines is 3. The van der Waals surface area contributed by atoms with Crippen molar-refractivity contribution in [1.29, 1.82) is 10.5 Å². The molecule has 3 N–H and O–H groups in total. The molecule has 0 aliphatic rings. The summed E-state index contributed by atoms with van der Waals surface area (Å²) in [6.45, 7) is 4.10. The van der Waals surface area contributed by atoms with Gasteiger partial charge in [-0.2, -0.15) is 10.5 Å². The number of hydrogen-bond donors (Lipinski definition) is 2. The predicted octanol–water partition coefficient (Wildman–Crippen LogP) is 6.59. The molecule has 184 valence electrons. The van der Waals surface area contributed by atoms with Crippen LogP contribution < -0.4 is 16.0 Å².